The minimum Gasteiger partial charge on any atom is -0.323 e. The maximum Gasteiger partial charge on any atom is 0.163 e. The second-order valence-electron chi connectivity index (χ2n) is 5.83. The van der Waals surface area contributed by atoms with E-state index in [4.69, 9.17) is 11.6 Å². The summed E-state index contributed by atoms with van der Waals surface area (Å²) in [6.45, 7) is 3.95. The van der Waals surface area contributed by atoms with Gasteiger partial charge in [-0.1, -0.05) is 35.9 Å². The van der Waals surface area contributed by atoms with Crippen LogP contribution in [0.3, 0.4) is 0 Å². The molecule has 2 N–H and O–H groups in total. The van der Waals surface area contributed by atoms with E-state index in [0.717, 1.165) is 39.4 Å². The van der Waals surface area contributed by atoms with Crippen molar-refractivity contribution in [1.29, 1.82) is 0 Å². The van der Waals surface area contributed by atoms with Gasteiger partial charge >= 0.3 is 0 Å². The molecule has 0 saturated carbocycles. The fourth-order valence-corrected chi connectivity index (χ4v) is 2.90. The lowest BCUT2D eigenvalue weighted by Crippen LogP contribution is -2.03. The molecule has 0 amide bonds. The molecule has 2 aromatic carbocycles. The van der Waals surface area contributed by atoms with E-state index in [1.54, 1.807) is 0 Å². The number of anilines is 2. The number of hydrogen-bond donors (Lipinski definition) is 2. The largest absolute Gasteiger partial charge is 0.323 e. The Labute approximate surface area is 150 Å². The van der Waals surface area contributed by atoms with Crippen LogP contribution >= 0.6 is 11.6 Å². The Balaban J connectivity index is 1.81. The second-order valence-corrected chi connectivity index (χ2v) is 6.24. The minimum absolute atomic E-state index is 0.594. The van der Waals surface area contributed by atoms with E-state index >= 15 is 0 Å². The number of aryl methyl sites for hydroxylation is 1. The normalized spacial score (nSPS) is 11.0. The zero-order chi connectivity index (χ0) is 17.4. The van der Waals surface area contributed by atoms with Gasteiger partial charge in [-0.2, -0.15) is 5.10 Å². The van der Waals surface area contributed by atoms with Gasteiger partial charge in [0.25, 0.3) is 0 Å². The van der Waals surface area contributed by atoms with Crippen molar-refractivity contribution in [3.05, 3.63) is 64.8 Å². The summed E-state index contributed by atoms with van der Waals surface area (Å²) in [4.78, 5) is 9.28. The summed E-state index contributed by atoms with van der Waals surface area (Å²) in [6.07, 6.45) is 0. The van der Waals surface area contributed by atoms with Gasteiger partial charge < -0.3 is 5.32 Å². The Morgan fingerprint density at radius 2 is 1.68 bits per heavy atom. The third-order valence-corrected chi connectivity index (χ3v) is 4.54. The van der Waals surface area contributed by atoms with Gasteiger partial charge in [0.15, 0.2) is 11.6 Å². The number of halogens is 1. The quantitative estimate of drug-likeness (QED) is 0.544. The Morgan fingerprint density at radius 1 is 0.920 bits per heavy atom. The van der Waals surface area contributed by atoms with Gasteiger partial charge in [0.2, 0.25) is 0 Å². The number of aromatic amines is 1. The molecule has 2 heterocycles. The molecule has 0 saturated heterocycles. The average Bonchev–Trinajstić information content (AvgIpc) is 3.02. The highest BCUT2D eigenvalue weighted by Gasteiger charge is 2.14. The highest BCUT2D eigenvalue weighted by molar-refractivity contribution is 6.33. The van der Waals surface area contributed by atoms with E-state index in [-0.39, 0.29) is 0 Å². The van der Waals surface area contributed by atoms with Crippen LogP contribution in [0.5, 0.6) is 0 Å². The molecule has 2 aromatic heterocycles. The van der Waals surface area contributed by atoms with E-state index in [0.29, 0.717) is 10.8 Å². The van der Waals surface area contributed by atoms with Gasteiger partial charge in [-0.3, -0.25) is 5.10 Å². The van der Waals surface area contributed by atoms with E-state index in [1.807, 2.05) is 62.4 Å². The third-order valence-electron chi connectivity index (χ3n) is 4.21. The zero-order valence-electron chi connectivity index (χ0n) is 13.8. The van der Waals surface area contributed by atoms with Crippen LogP contribution in [-0.2, 0) is 0 Å². The van der Waals surface area contributed by atoms with Crippen molar-refractivity contribution in [1.82, 2.24) is 20.2 Å². The predicted octanol–water partition coefficient (Wildman–Crippen LogP) is 5.03. The Morgan fingerprint density at radius 3 is 2.52 bits per heavy atom. The van der Waals surface area contributed by atoms with Crippen LogP contribution in [0.25, 0.3) is 22.3 Å². The molecule has 0 aliphatic heterocycles. The molecule has 0 aliphatic rings. The van der Waals surface area contributed by atoms with Gasteiger partial charge in [0, 0.05) is 22.2 Å². The smallest absolute Gasteiger partial charge is 0.163 e. The van der Waals surface area contributed by atoms with E-state index in [2.05, 4.69) is 25.5 Å². The molecule has 124 valence electrons. The molecule has 0 atom stereocenters. The van der Waals surface area contributed by atoms with Crippen LogP contribution < -0.4 is 5.32 Å². The van der Waals surface area contributed by atoms with E-state index in [9.17, 15) is 0 Å². The number of nitrogens with zero attached hydrogens (tertiary/aromatic N) is 3. The van der Waals surface area contributed by atoms with Crippen molar-refractivity contribution in [2.45, 2.75) is 13.8 Å². The Kier molecular flexibility index (Phi) is 3.86. The SMILES string of the molecule is Cc1nc(-c2ccccc2Cl)nc(Nc2n[nH]c3ccccc23)c1C. The molecule has 5 nitrogen and oxygen atoms in total. The number of rotatable bonds is 3. The Bertz CT molecular complexity index is 1070. The standard InChI is InChI=1S/C19H16ClN5/c1-11-12(2)21-18(13-7-3-5-9-15(13)20)22-17(11)23-19-14-8-4-6-10-16(14)24-25-19/h3-10H,1-2H3,(H2,21,22,23,24,25). The first-order valence-corrected chi connectivity index (χ1v) is 8.31. The first-order chi connectivity index (χ1) is 12.1. The summed E-state index contributed by atoms with van der Waals surface area (Å²) < 4.78 is 0. The summed E-state index contributed by atoms with van der Waals surface area (Å²) in [5.74, 6) is 2.05. The first-order valence-electron chi connectivity index (χ1n) is 7.94. The van der Waals surface area contributed by atoms with Gasteiger partial charge in [-0.15, -0.1) is 0 Å². The summed E-state index contributed by atoms with van der Waals surface area (Å²) in [7, 11) is 0. The second kappa shape index (κ2) is 6.18. The molecule has 0 unspecified atom stereocenters. The number of hydrogen-bond acceptors (Lipinski definition) is 4. The average molecular weight is 350 g/mol. The van der Waals surface area contributed by atoms with Crippen molar-refractivity contribution in [3.63, 3.8) is 0 Å². The van der Waals surface area contributed by atoms with Crippen LogP contribution in [0.4, 0.5) is 11.6 Å². The maximum atomic E-state index is 6.31. The van der Waals surface area contributed by atoms with Crippen molar-refractivity contribution >= 4 is 34.1 Å². The van der Waals surface area contributed by atoms with E-state index < -0.39 is 0 Å². The zero-order valence-corrected chi connectivity index (χ0v) is 14.6. The molecule has 0 aliphatic carbocycles. The van der Waals surface area contributed by atoms with Crippen LogP contribution in [0.2, 0.25) is 5.02 Å². The van der Waals surface area contributed by atoms with Gasteiger partial charge in [-0.05, 0) is 38.1 Å². The molecule has 0 bridgehead atoms. The Hall–Kier alpha value is -2.92. The van der Waals surface area contributed by atoms with Crippen molar-refractivity contribution < 1.29 is 0 Å². The van der Waals surface area contributed by atoms with Gasteiger partial charge in [0.1, 0.15) is 5.82 Å². The molecule has 0 radical (unpaired) electrons. The molecule has 4 rings (SSSR count). The van der Waals surface area contributed by atoms with Gasteiger partial charge in [0.05, 0.1) is 10.5 Å². The topological polar surface area (TPSA) is 66.5 Å². The van der Waals surface area contributed by atoms with Crippen LogP contribution in [0, 0.1) is 13.8 Å². The van der Waals surface area contributed by atoms with Crippen LogP contribution in [0.1, 0.15) is 11.3 Å². The lowest BCUT2D eigenvalue weighted by Gasteiger charge is -2.12. The molecule has 6 heteroatoms. The number of nitrogens with one attached hydrogen (secondary N) is 2. The fraction of sp³-hybridized carbons (Fsp3) is 0.105. The lowest BCUT2D eigenvalue weighted by molar-refractivity contribution is 1.06. The van der Waals surface area contributed by atoms with Crippen molar-refractivity contribution in [2.24, 2.45) is 0 Å². The summed E-state index contributed by atoms with van der Waals surface area (Å²) in [5, 5.41) is 12.3. The molecule has 0 spiro atoms. The molecule has 4 aromatic rings. The summed E-state index contributed by atoms with van der Waals surface area (Å²) in [6, 6.07) is 15.5. The highest BCUT2D eigenvalue weighted by Crippen LogP contribution is 2.29. The van der Waals surface area contributed by atoms with Crippen LogP contribution in [0.15, 0.2) is 48.5 Å². The number of para-hydroxylation sites is 1. The molecule has 25 heavy (non-hydrogen) atoms. The molecule has 0 fully saturated rings. The molecular weight excluding hydrogens is 334 g/mol. The van der Waals surface area contributed by atoms with Gasteiger partial charge in [-0.25, -0.2) is 9.97 Å². The van der Waals surface area contributed by atoms with E-state index in [1.165, 1.54) is 0 Å². The fourth-order valence-electron chi connectivity index (χ4n) is 2.68. The third kappa shape index (κ3) is 2.83. The number of aromatic nitrogens is 4. The monoisotopic (exact) mass is 349 g/mol. The summed E-state index contributed by atoms with van der Waals surface area (Å²) >= 11 is 6.31. The number of fused-ring (bicyclic) bond motifs is 1. The number of benzene rings is 2. The van der Waals surface area contributed by atoms with Crippen molar-refractivity contribution in [2.75, 3.05) is 5.32 Å². The first kappa shape index (κ1) is 15.6. The number of H-pyrrole nitrogens is 1. The summed E-state index contributed by atoms with van der Waals surface area (Å²) in [5.41, 5.74) is 3.65. The minimum atomic E-state index is 0.594. The lowest BCUT2D eigenvalue weighted by atomic mass is 10.2. The van der Waals surface area contributed by atoms with Crippen LogP contribution in [-0.4, -0.2) is 20.2 Å². The van der Waals surface area contributed by atoms with Crippen molar-refractivity contribution in [3.8, 4) is 11.4 Å². The predicted molar refractivity (Wildman–Crippen MR) is 101 cm³/mol. The maximum absolute atomic E-state index is 6.31. The molecular formula is C19H16ClN5. The highest BCUT2D eigenvalue weighted by atomic mass is 35.5.